The van der Waals surface area contributed by atoms with Crippen molar-refractivity contribution in [3.8, 4) is 5.88 Å². The van der Waals surface area contributed by atoms with Gasteiger partial charge in [0.2, 0.25) is 11.8 Å². The number of ether oxygens (including phenoxy) is 1. The van der Waals surface area contributed by atoms with Gasteiger partial charge in [-0.05, 0) is 25.3 Å². The molecule has 0 aliphatic carbocycles. The highest BCUT2D eigenvalue weighted by Crippen LogP contribution is 2.28. The van der Waals surface area contributed by atoms with Crippen LogP contribution in [0.15, 0.2) is 11.4 Å². The summed E-state index contributed by atoms with van der Waals surface area (Å²) in [6.45, 7) is 3.91. The van der Waals surface area contributed by atoms with E-state index in [2.05, 4.69) is 9.97 Å². The smallest absolute Gasteiger partial charge is 0.236 e. The number of anilines is 1. The summed E-state index contributed by atoms with van der Waals surface area (Å²) in [5, 5.41) is 1.95. The average Bonchev–Trinajstić information content (AvgIpc) is 2.50. The molecule has 4 nitrogen and oxygen atoms in total. The lowest BCUT2D eigenvalue weighted by molar-refractivity contribution is 0.236. The Labute approximate surface area is 85.7 Å². The topological polar surface area (TPSA) is 61.0 Å². The number of nitrogen functional groups attached to an aromatic ring is 1. The van der Waals surface area contributed by atoms with Gasteiger partial charge in [-0.3, -0.25) is 0 Å². The largest absolute Gasteiger partial charge is 0.474 e. The van der Waals surface area contributed by atoms with Crippen LogP contribution >= 0.6 is 11.3 Å². The van der Waals surface area contributed by atoms with Gasteiger partial charge in [0, 0.05) is 0 Å². The van der Waals surface area contributed by atoms with Crippen LogP contribution in [-0.2, 0) is 0 Å². The summed E-state index contributed by atoms with van der Waals surface area (Å²) in [6, 6.07) is 1.91. The van der Waals surface area contributed by atoms with Crippen LogP contribution in [0.2, 0.25) is 0 Å². The van der Waals surface area contributed by atoms with Gasteiger partial charge in [0.1, 0.15) is 4.70 Å². The number of hydrogen-bond donors (Lipinski definition) is 1. The normalized spacial score (nSPS) is 11.1. The summed E-state index contributed by atoms with van der Waals surface area (Å²) in [4.78, 5) is 8.17. The fourth-order valence-corrected chi connectivity index (χ4v) is 1.92. The Kier molecular flexibility index (Phi) is 2.25. The van der Waals surface area contributed by atoms with Crippen LogP contribution < -0.4 is 10.5 Å². The van der Waals surface area contributed by atoms with Crippen molar-refractivity contribution in [1.82, 2.24) is 9.97 Å². The molecule has 0 unspecified atom stereocenters. The highest BCUT2D eigenvalue weighted by atomic mass is 32.1. The Bertz CT molecular complexity index is 452. The Balaban J connectivity index is 2.55. The van der Waals surface area contributed by atoms with Crippen LogP contribution in [0.1, 0.15) is 13.8 Å². The number of rotatable bonds is 2. The van der Waals surface area contributed by atoms with E-state index in [4.69, 9.17) is 10.5 Å². The van der Waals surface area contributed by atoms with Gasteiger partial charge >= 0.3 is 0 Å². The summed E-state index contributed by atoms with van der Waals surface area (Å²) in [5.74, 6) is 0.837. The molecule has 0 spiro atoms. The van der Waals surface area contributed by atoms with E-state index in [1.165, 1.54) is 0 Å². The molecule has 0 amide bonds. The molecule has 14 heavy (non-hydrogen) atoms. The minimum atomic E-state index is 0.0922. The van der Waals surface area contributed by atoms with Crippen molar-refractivity contribution in [2.24, 2.45) is 0 Å². The van der Waals surface area contributed by atoms with Crippen molar-refractivity contribution in [3.63, 3.8) is 0 Å². The van der Waals surface area contributed by atoms with Crippen LogP contribution in [-0.4, -0.2) is 16.1 Å². The molecule has 2 rings (SSSR count). The van der Waals surface area contributed by atoms with Gasteiger partial charge < -0.3 is 10.5 Å². The summed E-state index contributed by atoms with van der Waals surface area (Å²) < 4.78 is 6.50. The zero-order valence-corrected chi connectivity index (χ0v) is 8.84. The third kappa shape index (κ3) is 1.63. The first kappa shape index (κ1) is 9.21. The molecule has 0 atom stereocenters. The van der Waals surface area contributed by atoms with E-state index in [-0.39, 0.29) is 12.1 Å². The molecule has 0 aliphatic rings. The van der Waals surface area contributed by atoms with E-state index in [0.29, 0.717) is 5.88 Å². The van der Waals surface area contributed by atoms with Gasteiger partial charge in [-0.2, -0.15) is 4.98 Å². The Morgan fingerprint density at radius 2 is 2.21 bits per heavy atom. The van der Waals surface area contributed by atoms with Crippen molar-refractivity contribution in [2.75, 3.05) is 5.73 Å². The predicted octanol–water partition coefficient (Wildman–Crippen LogP) is 2.06. The van der Waals surface area contributed by atoms with Gasteiger partial charge in [-0.1, -0.05) is 0 Å². The zero-order valence-electron chi connectivity index (χ0n) is 8.02. The molecule has 2 heterocycles. The van der Waals surface area contributed by atoms with Crippen LogP contribution in [0.5, 0.6) is 5.88 Å². The monoisotopic (exact) mass is 209 g/mol. The van der Waals surface area contributed by atoms with Crippen LogP contribution in [0.3, 0.4) is 0 Å². The molecule has 5 heteroatoms. The Morgan fingerprint density at radius 1 is 1.43 bits per heavy atom. The molecular formula is C9H11N3OS. The van der Waals surface area contributed by atoms with E-state index in [9.17, 15) is 0 Å². The maximum atomic E-state index is 5.56. The number of aromatic nitrogens is 2. The first-order valence-electron chi connectivity index (χ1n) is 4.34. The van der Waals surface area contributed by atoms with Gasteiger partial charge in [-0.25, -0.2) is 4.98 Å². The van der Waals surface area contributed by atoms with Crippen molar-refractivity contribution < 1.29 is 4.74 Å². The summed E-state index contributed by atoms with van der Waals surface area (Å²) in [7, 11) is 0. The minimum Gasteiger partial charge on any atom is -0.474 e. The van der Waals surface area contributed by atoms with Crippen LogP contribution in [0.4, 0.5) is 5.95 Å². The van der Waals surface area contributed by atoms with Crippen molar-refractivity contribution in [1.29, 1.82) is 0 Å². The van der Waals surface area contributed by atoms with E-state index < -0.39 is 0 Å². The van der Waals surface area contributed by atoms with Gasteiger partial charge in [0.05, 0.1) is 11.6 Å². The number of hydrogen-bond acceptors (Lipinski definition) is 5. The van der Waals surface area contributed by atoms with Gasteiger partial charge in [0.25, 0.3) is 0 Å². The fraction of sp³-hybridized carbons (Fsp3) is 0.333. The van der Waals surface area contributed by atoms with E-state index in [0.717, 1.165) is 10.2 Å². The number of fused-ring (bicyclic) bond motifs is 1. The first-order valence-corrected chi connectivity index (χ1v) is 5.22. The Morgan fingerprint density at radius 3 is 2.93 bits per heavy atom. The highest BCUT2D eigenvalue weighted by molar-refractivity contribution is 7.17. The number of thiophene rings is 1. The zero-order chi connectivity index (χ0) is 10.1. The lowest BCUT2D eigenvalue weighted by Crippen LogP contribution is -2.08. The second kappa shape index (κ2) is 3.42. The standard InChI is InChI=1S/C9H11N3OS/c1-5(2)13-8-7-6(3-4-14-7)11-9(10)12-8/h3-5H,1-2H3,(H2,10,11,12). The SMILES string of the molecule is CC(C)Oc1nc(N)nc2ccsc12. The summed E-state index contributed by atoms with van der Waals surface area (Å²) >= 11 is 1.56. The molecule has 0 saturated carbocycles. The first-order chi connectivity index (χ1) is 6.66. The van der Waals surface area contributed by atoms with Gasteiger partial charge in [0.15, 0.2) is 0 Å². The average molecular weight is 209 g/mol. The van der Waals surface area contributed by atoms with Crippen molar-refractivity contribution >= 4 is 27.5 Å². The van der Waals surface area contributed by atoms with Crippen molar-refractivity contribution in [2.45, 2.75) is 20.0 Å². The second-order valence-corrected chi connectivity index (χ2v) is 4.10. The van der Waals surface area contributed by atoms with E-state index in [1.54, 1.807) is 11.3 Å². The molecule has 0 aliphatic heterocycles. The third-order valence-electron chi connectivity index (χ3n) is 1.64. The molecule has 2 aromatic rings. The Hall–Kier alpha value is -1.36. The lowest BCUT2D eigenvalue weighted by Gasteiger charge is -2.09. The summed E-state index contributed by atoms with van der Waals surface area (Å²) in [5.41, 5.74) is 6.41. The van der Waals surface area contributed by atoms with Crippen molar-refractivity contribution in [3.05, 3.63) is 11.4 Å². The van der Waals surface area contributed by atoms with Crippen LogP contribution in [0, 0.1) is 0 Å². The number of nitrogens with two attached hydrogens (primary N) is 1. The highest BCUT2D eigenvalue weighted by Gasteiger charge is 2.09. The second-order valence-electron chi connectivity index (χ2n) is 3.19. The number of nitrogens with zero attached hydrogens (tertiary/aromatic N) is 2. The molecule has 2 aromatic heterocycles. The maximum absolute atomic E-state index is 5.56. The molecule has 0 fully saturated rings. The van der Waals surface area contributed by atoms with E-state index in [1.807, 2.05) is 25.3 Å². The minimum absolute atomic E-state index is 0.0922. The molecule has 0 saturated heterocycles. The molecular weight excluding hydrogens is 198 g/mol. The molecule has 74 valence electrons. The lowest BCUT2D eigenvalue weighted by atomic mass is 10.4. The quantitative estimate of drug-likeness (QED) is 0.822. The maximum Gasteiger partial charge on any atom is 0.236 e. The fourth-order valence-electron chi connectivity index (χ4n) is 1.16. The summed E-state index contributed by atoms with van der Waals surface area (Å²) in [6.07, 6.45) is 0.0922. The van der Waals surface area contributed by atoms with E-state index >= 15 is 0 Å². The molecule has 0 bridgehead atoms. The molecule has 0 radical (unpaired) electrons. The third-order valence-corrected chi connectivity index (χ3v) is 2.53. The predicted molar refractivity (Wildman–Crippen MR) is 57.6 cm³/mol. The molecule has 2 N–H and O–H groups in total. The van der Waals surface area contributed by atoms with Crippen LogP contribution in [0.25, 0.3) is 10.2 Å². The molecule has 0 aromatic carbocycles. The van der Waals surface area contributed by atoms with Gasteiger partial charge in [-0.15, -0.1) is 11.3 Å².